The lowest BCUT2D eigenvalue weighted by atomic mass is 10.1. The van der Waals surface area contributed by atoms with E-state index in [0.717, 1.165) is 10.4 Å². The molecule has 0 radical (unpaired) electrons. The van der Waals surface area contributed by atoms with Crippen molar-refractivity contribution in [2.45, 2.75) is 12.6 Å². The highest BCUT2D eigenvalue weighted by atomic mass is 32.1. The first-order valence-corrected chi connectivity index (χ1v) is 4.78. The largest absolute Gasteiger partial charge is 0.465 e. The average Bonchev–Trinajstić information content (AvgIpc) is 2.51. The van der Waals surface area contributed by atoms with Crippen molar-refractivity contribution in [1.29, 1.82) is 0 Å². The molecule has 0 saturated carbocycles. The van der Waals surface area contributed by atoms with Gasteiger partial charge in [-0.3, -0.25) is 0 Å². The third-order valence-corrected chi connectivity index (χ3v) is 3.06. The van der Waals surface area contributed by atoms with Crippen LogP contribution in [0.2, 0.25) is 0 Å². The number of aliphatic hydroxyl groups is 1. The highest BCUT2D eigenvalue weighted by Crippen LogP contribution is 2.30. The number of fused-ring (bicyclic) bond motifs is 1. The monoisotopic (exact) mass is 199 g/mol. The SMILES string of the molecule is O=C(O)N1Cc2sccc2C(O)C1. The second-order valence-corrected chi connectivity index (χ2v) is 3.98. The van der Waals surface area contributed by atoms with E-state index in [1.54, 1.807) is 0 Å². The van der Waals surface area contributed by atoms with Crippen LogP contribution >= 0.6 is 11.3 Å². The highest BCUT2D eigenvalue weighted by Gasteiger charge is 2.27. The Balaban J connectivity index is 2.28. The summed E-state index contributed by atoms with van der Waals surface area (Å²) >= 11 is 1.49. The molecule has 0 fully saturated rings. The lowest BCUT2D eigenvalue weighted by Crippen LogP contribution is -2.36. The number of rotatable bonds is 0. The fourth-order valence-corrected chi connectivity index (χ4v) is 2.42. The molecule has 2 rings (SSSR count). The van der Waals surface area contributed by atoms with Crippen LogP contribution in [0.25, 0.3) is 0 Å². The van der Waals surface area contributed by atoms with Gasteiger partial charge in [0.15, 0.2) is 0 Å². The summed E-state index contributed by atoms with van der Waals surface area (Å²) in [6.07, 6.45) is -1.63. The Kier molecular flexibility index (Phi) is 1.97. The molecule has 0 bridgehead atoms. The number of β-amino-alcohol motifs (C(OH)–C–C–N with tert-alkyl or cyclic N) is 1. The normalized spacial score (nSPS) is 21.3. The third-order valence-electron chi connectivity index (χ3n) is 2.14. The van der Waals surface area contributed by atoms with E-state index in [9.17, 15) is 9.90 Å². The first-order chi connectivity index (χ1) is 6.18. The number of hydrogen-bond donors (Lipinski definition) is 2. The molecule has 1 unspecified atom stereocenters. The summed E-state index contributed by atoms with van der Waals surface area (Å²) in [5.41, 5.74) is 0.877. The van der Waals surface area contributed by atoms with Crippen LogP contribution in [0.1, 0.15) is 16.5 Å². The molecule has 1 aromatic heterocycles. The maximum absolute atomic E-state index is 10.7. The van der Waals surface area contributed by atoms with E-state index in [1.165, 1.54) is 16.2 Å². The lowest BCUT2D eigenvalue weighted by Gasteiger charge is -2.27. The summed E-state index contributed by atoms with van der Waals surface area (Å²) in [4.78, 5) is 12.8. The van der Waals surface area contributed by atoms with E-state index in [-0.39, 0.29) is 6.54 Å². The van der Waals surface area contributed by atoms with E-state index in [1.807, 2.05) is 11.4 Å². The van der Waals surface area contributed by atoms with E-state index >= 15 is 0 Å². The van der Waals surface area contributed by atoms with Gasteiger partial charge in [-0.1, -0.05) is 0 Å². The van der Waals surface area contributed by atoms with Gasteiger partial charge in [-0.25, -0.2) is 4.79 Å². The van der Waals surface area contributed by atoms with Gasteiger partial charge in [0.05, 0.1) is 19.2 Å². The molecule has 13 heavy (non-hydrogen) atoms. The second-order valence-electron chi connectivity index (χ2n) is 2.98. The molecule has 1 aromatic rings. The molecule has 2 heterocycles. The highest BCUT2D eigenvalue weighted by molar-refractivity contribution is 7.10. The van der Waals surface area contributed by atoms with Crippen LogP contribution in [0.3, 0.4) is 0 Å². The minimum atomic E-state index is -0.974. The average molecular weight is 199 g/mol. The van der Waals surface area contributed by atoms with Gasteiger partial charge in [0, 0.05) is 4.88 Å². The van der Waals surface area contributed by atoms with E-state index in [2.05, 4.69) is 0 Å². The van der Waals surface area contributed by atoms with E-state index < -0.39 is 12.2 Å². The molecule has 70 valence electrons. The smallest absolute Gasteiger partial charge is 0.407 e. The summed E-state index contributed by atoms with van der Waals surface area (Å²) < 4.78 is 0. The molecule has 0 aromatic carbocycles. The van der Waals surface area contributed by atoms with E-state index in [4.69, 9.17) is 5.11 Å². The number of nitrogens with zero attached hydrogens (tertiary/aromatic N) is 1. The lowest BCUT2D eigenvalue weighted by molar-refractivity contribution is 0.0832. The van der Waals surface area contributed by atoms with Crippen LogP contribution in [0.15, 0.2) is 11.4 Å². The van der Waals surface area contributed by atoms with Gasteiger partial charge < -0.3 is 15.1 Å². The maximum Gasteiger partial charge on any atom is 0.407 e. The van der Waals surface area contributed by atoms with Crippen LogP contribution < -0.4 is 0 Å². The Morgan fingerprint density at radius 3 is 3.15 bits per heavy atom. The number of aliphatic hydroxyl groups excluding tert-OH is 1. The molecule has 4 nitrogen and oxygen atoms in total. The van der Waals surface area contributed by atoms with E-state index in [0.29, 0.717) is 6.54 Å². The molecule has 1 atom stereocenters. The predicted octanol–water partition coefficient (Wildman–Crippen LogP) is 1.28. The molecular weight excluding hydrogens is 190 g/mol. The van der Waals surface area contributed by atoms with Crippen molar-refractivity contribution in [3.8, 4) is 0 Å². The summed E-state index contributed by atoms with van der Waals surface area (Å²) in [5, 5.41) is 20.2. The van der Waals surface area contributed by atoms with Gasteiger partial charge in [0.25, 0.3) is 0 Å². The molecule has 5 heteroatoms. The first-order valence-electron chi connectivity index (χ1n) is 3.90. The number of amides is 1. The number of carbonyl (C=O) groups is 1. The van der Waals surface area contributed by atoms with Gasteiger partial charge in [0.2, 0.25) is 0 Å². The van der Waals surface area contributed by atoms with Crippen LogP contribution in [0.4, 0.5) is 4.79 Å². The summed E-state index contributed by atoms with van der Waals surface area (Å²) in [6.45, 7) is 0.582. The molecule has 0 spiro atoms. The van der Waals surface area contributed by atoms with Gasteiger partial charge >= 0.3 is 6.09 Å². The van der Waals surface area contributed by atoms with Crippen molar-refractivity contribution in [3.63, 3.8) is 0 Å². The molecule has 1 aliphatic rings. The molecule has 1 aliphatic heterocycles. The molecular formula is C8H9NO3S. The van der Waals surface area contributed by atoms with Gasteiger partial charge in [-0.2, -0.15) is 0 Å². The van der Waals surface area contributed by atoms with Crippen LogP contribution in [-0.2, 0) is 6.54 Å². The Bertz CT molecular complexity index is 336. The Labute approximate surface area is 79.0 Å². The van der Waals surface area contributed by atoms with Gasteiger partial charge in [-0.05, 0) is 17.0 Å². The summed E-state index contributed by atoms with van der Waals surface area (Å²) in [6, 6.07) is 1.85. The second kappa shape index (κ2) is 3.01. The number of thiophene rings is 1. The number of hydrogen-bond acceptors (Lipinski definition) is 3. The standard InChI is InChI=1S/C8H9NO3S/c10-6-3-9(8(11)12)4-7-5(6)1-2-13-7/h1-2,6,10H,3-4H2,(H,11,12). The van der Waals surface area contributed by atoms with Crippen LogP contribution in [-0.4, -0.2) is 27.8 Å². The van der Waals surface area contributed by atoms with Crippen molar-refractivity contribution in [3.05, 3.63) is 21.9 Å². The van der Waals surface area contributed by atoms with Crippen molar-refractivity contribution < 1.29 is 15.0 Å². The minimum Gasteiger partial charge on any atom is -0.465 e. The Hall–Kier alpha value is -1.07. The maximum atomic E-state index is 10.7. The van der Waals surface area contributed by atoms with Gasteiger partial charge in [0.1, 0.15) is 0 Å². The zero-order valence-electron chi connectivity index (χ0n) is 6.80. The molecule has 2 N–H and O–H groups in total. The number of carboxylic acid groups (broad SMARTS) is 1. The van der Waals surface area contributed by atoms with Crippen molar-refractivity contribution in [2.24, 2.45) is 0 Å². The quantitative estimate of drug-likeness (QED) is 0.661. The molecule has 1 amide bonds. The Morgan fingerprint density at radius 1 is 1.69 bits per heavy atom. The molecule has 0 aliphatic carbocycles. The van der Waals surface area contributed by atoms with Gasteiger partial charge in [-0.15, -0.1) is 11.3 Å². The summed E-state index contributed by atoms with van der Waals surface area (Å²) in [7, 11) is 0. The predicted molar refractivity (Wildman–Crippen MR) is 47.7 cm³/mol. The third kappa shape index (κ3) is 1.40. The zero-order chi connectivity index (χ0) is 9.42. The Morgan fingerprint density at radius 2 is 2.46 bits per heavy atom. The first kappa shape index (κ1) is 8.52. The van der Waals surface area contributed by atoms with Crippen LogP contribution in [0.5, 0.6) is 0 Å². The zero-order valence-corrected chi connectivity index (χ0v) is 7.62. The fraction of sp³-hybridized carbons (Fsp3) is 0.375. The van der Waals surface area contributed by atoms with Crippen molar-refractivity contribution in [2.75, 3.05) is 6.54 Å². The van der Waals surface area contributed by atoms with Crippen molar-refractivity contribution in [1.82, 2.24) is 4.90 Å². The summed E-state index contributed by atoms with van der Waals surface area (Å²) in [5.74, 6) is 0. The fourth-order valence-electron chi connectivity index (χ4n) is 1.47. The minimum absolute atomic E-state index is 0.180. The topological polar surface area (TPSA) is 60.8 Å². The molecule has 0 saturated heterocycles. The van der Waals surface area contributed by atoms with Crippen molar-refractivity contribution >= 4 is 17.4 Å². The van der Waals surface area contributed by atoms with Crippen LogP contribution in [0, 0.1) is 0 Å².